The summed E-state index contributed by atoms with van der Waals surface area (Å²) in [6.45, 7) is 9.35. The van der Waals surface area contributed by atoms with E-state index in [1.807, 2.05) is 32.2 Å². The van der Waals surface area contributed by atoms with E-state index in [2.05, 4.69) is 30.6 Å². The molecule has 2 aliphatic heterocycles. The summed E-state index contributed by atoms with van der Waals surface area (Å²) in [7, 11) is -1.87. The fourth-order valence-electron chi connectivity index (χ4n) is 4.60. The van der Waals surface area contributed by atoms with Crippen molar-refractivity contribution in [3.05, 3.63) is 47.5 Å². The van der Waals surface area contributed by atoms with Crippen molar-refractivity contribution in [1.29, 1.82) is 0 Å². The first kappa shape index (κ1) is 28.2. The van der Waals surface area contributed by atoms with E-state index in [4.69, 9.17) is 14.2 Å². The highest BCUT2D eigenvalue weighted by molar-refractivity contribution is 7.89. The van der Waals surface area contributed by atoms with Crippen molar-refractivity contribution < 1.29 is 27.7 Å². The molecular formula is C29H38N2O6S. The molecule has 4 rings (SSSR count). The van der Waals surface area contributed by atoms with Crippen molar-refractivity contribution in [2.75, 3.05) is 33.5 Å². The summed E-state index contributed by atoms with van der Waals surface area (Å²) in [6.07, 6.45) is 0.457. The molecule has 0 aromatic heterocycles. The third kappa shape index (κ3) is 6.44. The van der Waals surface area contributed by atoms with E-state index < -0.39 is 16.1 Å². The van der Waals surface area contributed by atoms with Crippen molar-refractivity contribution >= 4 is 10.0 Å². The van der Waals surface area contributed by atoms with Crippen LogP contribution in [-0.4, -0.2) is 68.4 Å². The molecule has 206 valence electrons. The van der Waals surface area contributed by atoms with Crippen LogP contribution >= 0.6 is 0 Å². The van der Waals surface area contributed by atoms with E-state index in [0.29, 0.717) is 30.3 Å². The lowest BCUT2D eigenvalue weighted by molar-refractivity contribution is 0.0733. The fourth-order valence-corrected chi connectivity index (χ4v) is 6.43. The molecule has 2 aromatic rings. The molecule has 0 saturated carbocycles. The zero-order chi connectivity index (χ0) is 27.4. The molecule has 9 heteroatoms. The molecular weight excluding hydrogens is 504 g/mol. The van der Waals surface area contributed by atoms with Gasteiger partial charge >= 0.3 is 0 Å². The minimum absolute atomic E-state index is 0.0996. The minimum atomic E-state index is -3.88. The third-order valence-corrected chi connectivity index (χ3v) is 8.81. The first-order chi connectivity index (χ1) is 18.1. The Morgan fingerprint density at radius 1 is 1.11 bits per heavy atom. The molecule has 2 heterocycles. The molecule has 0 spiro atoms. The van der Waals surface area contributed by atoms with Crippen molar-refractivity contribution in [3.8, 4) is 29.1 Å². The maximum absolute atomic E-state index is 13.7. The highest BCUT2D eigenvalue weighted by Crippen LogP contribution is 2.35. The standard InChI is InChI=1S/C29H38N2O6S/c1-20(2)7-6-8-23-10-12-29-27(13-23)37-28(21(3)15-31(22(4)18-32)38(29,33)34)17-30(5)16-24-9-11-25-26(14-24)36-19-35-25/h9-14,20-22,28,32H,7,15-19H2,1-5H3/t21-,22-,28+/m0/s1. The second-order valence-corrected chi connectivity index (χ2v) is 12.5. The molecule has 0 fully saturated rings. The zero-order valence-electron chi connectivity index (χ0n) is 22.8. The number of hydrogen-bond donors (Lipinski definition) is 1. The van der Waals surface area contributed by atoms with Gasteiger partial charge in [-0.3, -0.25) is 4.90 Å². The van der Waals surface area contributed by atoms with Crippen LogP contribution in [0.25, 0.3) is 0 Å². The van der Waals surface area contributed by atoms with Gasteiger partial charge in [0.15, 0.2) is 11.5 Å². The molecule has 0 unspecified atom stereocenters. The zero-order valence-corrected chi connectivity index (χ0v) is 23.6. The largest absolute Gasteiger partial charge is 0.487 e. The number of sulfonamides is 1. The van der Waals surface area contributed by atoms with Crippen molar-refractivity contribution in [2.24, 2.45) is 11.8 Å². The maximum atomic E-state index is 13.7. The first-order valence-corrected chi connectivity index (χ1v) is 14.5. The number of aliphatic hydroxyl groups is 1. The van der Waals surface area contributed by atoms with Crippen LogP contribution in [-0.2, 0) is 16.6 Å². The summed E-state index contributed by atoms with van der Waals surface area (Å²) in [5, 5.41) is 9.86. The normalized spacial score (nSPS) is 21.2. The Morgan fingerprint density at radius 3 is 2.61 bits per heavy atom. The molecule has 2 aromatic carbocycles. The highest BCUT2D eigenvalue weighted by Gasteiger charge is 2.38. The van der Waals surface area contributed by atoms with Crippen LogP contribution in [0, 0.1) is 23.7 Å². The van der Waals surface area contributed by atoms with Gasteiger partial charge in [-0.05, 0) is 55.8 Å². The summed E-state index contributed by atoms with van der Waals surface area (Å²) >= 11 is 0. The molecule has 0 amide bonds. The van der Waals surface area contributed by atoms with Gasteiger partial charge in [0, 0.05) is 43.6 Å². The predicted octanol–water partition coefficient (Wildman–Crippen LogP) is 3.71. The predicted molar refractivity (Wildman–Crippen MR) is 146 cm³/mol. The summed E-state index contributed by atoms with van der Waals surface area (Å²) in [4.78, 5) is 2.25. The molecule has 1 N–H and O–H groups in total. The summed E-state index contributed by atoms with van der Waals surface area (Å²) in [5.41, 5.74) is 1.79. The van der Waals surface area contributed by atoms with Crippen LogP contribution in [0.2, 0.25) is 0 Å². The van der Waals surface area contributed by atoms with Gasteiger partial charge in [0.25, 0.3) is 0 Å². The fraction of sp³-hybridized carbons (Fsp3) is 0.517. The van der Waals surface area contributed by atoms with Crippen molar-refractivity contribution in [2.45, 2.75) is 57.7 Å². The molecule has 3 atom stereocenters. The Bertz CT molecular complexity index is 1300. The Hall–Kier alpha value is -2.77. The molecule has 0 aliphatic carbocycles. The Labute approximate surface area is 226 Å². The molecule has 0 radical (unpaired) electrons. The topological polar surface area (TPSA) is 88.5 Å². The van der Waals surface area contributed by atoms with Crippen molar-refractivity contribution in [3.63, 3.8) is 0 Å². The van der Waals surface area contributed by atoms with Gasteiger partial charge in [-0.15, -0.1) is 0 Å². The minimum Gasteiger partial charge on any atom is -0.487 e. The van der Waals surface area contributed by atoms with Crippen LogP contribution < -0.4 is 14.2 Å². The quantitative estimate of drug-likeness (QED) is 0.534. The van der Waals surface area contributed by atoms with Crippen LogP contribution in [0.15, 0.2) is 41.3 Å². The van der Waals surface area contributed by atoms with Crippen molar-refractivity contribution in [1.82, 2.24) is 9.21 Å². The Morgan fingerprint density at radius 2 is 1.87 bits per heavy atom. The van der Waals surface area contributed by atoms with Gasteiger partial charge in [0.1, 0.15) is 16.7 Å². The maximum Gasteiger partial charge on any atom is 0.247 e. The number of nitrogens with zero attached hydrogens (tertiary/aromatic N) is 2. The SMILES string of the molecule is CC(C)CC#Cc1ccc2c(c1)O[C@H](CN(C)Cc1ccc3c(c1)OCO3)[C@@H](C)CN([C@@H](C)CO)S2(=O)=O. The van der Waals surface area contributed by atoms with Crippen LogP contribution in [0.5, 0.6) is 17.2 Å². The summed E-state index contributed by atoms with van der Waals surface area (Å²) in [5.74, 6) is 8.40. The Kier molecular flexibility index (Phi) is 8.89. The second-order valence-electron chi connectivity index (χ2n) is 10.7. The van der Waals surface area contributed by atoms with E-state index in [1.165, 1.54) is 4.31 Å². The lowest BCUT2D eigenvalue weighted by Gasteiger charge is -2.37. The van der Waals surface area contributed by atoms with E-state index >= 15 is 0 Å². The first-order valence-electron chi connectivity index (χ1n) is 13.1. The van der Waals surface area contributed by atoms with E-state index in [-0.39, 0.29) is 36.9 Å². The van der Waals surface area contributed by atoms with E-state index in [0.717, 1.165) is 23.5 Å². The van der Waals surface area contributed by atoms with E-state index in [1.54, 1.807) is 25.1 Å². The number of fused-ring (bicyclic) bond motifs is 2. The van der Waals surface area contributed by atoms with Gasteiger partial charge < -0.3 is 19.3 Å². The van der Waals surface area contributed by atoms with Gasteiger partial charge in [-0.2, -0.15) is 4.31 Å². The third-order valence-electron chi connectivity index (χ3n) is 6.79. The lowest BCUT2D eigenvalue weighted by Crippen LogP contribution is -2.49. The highest BCUT2D eigenvalue weighted by atomic mass is 32.2. The smallest absolute Gasteiger partial charge is 0.247 e. The number of aliphatic hydroxyl groups excluding tert-OH is 1. The number of likely N-dealkylation sites (N-methyl/N-ethyl adjacent to an activating group) is 1. The number of rotatable bonds is 7. The summed E-state index contributed by atoms with van der Waals surface area (Å²) in [6, 6.07) is 10.4. The molecule has 8 nitrogen and oxygen atoms in total. The lowest BCUT2D eigenvalue weighted by atomic mass is 10.0. The van der Waals surface area contributed by atoms with Crippen LogP contribution in [0.3, 0.4) is 0 Å². The average Bonchev–Trinajstić information content (AvgIpc) is 3.33. The monoisotopic (exact) mass is 542 g/mol. The molecule has 2 aliphatic rings. The van der Waals surface area contributed by atoms with Crippen LogP contribution in [0.4, 0.5) is 0 Å². The molecule has 38 heavy (non-hydrogen) atoms. The van der Waals surface area contributed by atoms with E-state index in [9.17, 15) is 13.5 Å². The van der Waals surface area contributed by atoms with Gasteiger partial charge in [0.2, 0.25) is 16.8 Å². The van der Waals surface area contributed by atoms with Gasteiger partial charge in [0.05, 0.1) is 6.61 Å². The van der Waals surface area contributed by atoms with Crippen LogP contribution in [0.1, 0.15) is 45.2 Å². The Balaban J connectivity index is 1.63. The molecule has 0 bridgehead atoms. The van der Waals surface area contributed by atoms with Gasteiger partial charge in [-0.1, -0.05) is 38.7 Å². The number of benzene rings is 2. The summed E-state index contributed by atoms with van der Waals surface area (Å²) < 4.78 is 46.1. The van der Waals surface area contributed by atoms with Gasteiger partial charge in [-0.25, -0.2) is 8.42 Å². The average molecular weight is 543 g/mol. The number of hydrogen-bond acceptors (Lipinski definition) is 7. The second kappa shape index (κ2) is 12.0. The number of ether oxygens (including phenoxy) is 3. The molecule has 0 saturated heterocycles.